The molecule has 0 saturated carbocycles. The Balaban J connectivity index is 2.54. The lowest BCUT2D eigenvalue weighted by atomic mass is 10.3. The van der Waals surface area contributed by atoms with Crippen LogP contribution in [0.1, 0.15) is 10.5 Å². The van der Waals surface area contributed by atoms with Gasteiger partial charge >= 0.3 is 5.97 Å². The van der Waals surface area contributed by atoms with Crippen LogP contribution in [0.5, 0.6) is 0 Å². The second kappa shape index (κ2) is 3.69. The van der Waals surface area contributed by atoms with Crippen LogP contribution in [0.4, 0.5) is 0 Å². The van der Waals surface area contributed by atoms with Gasteiger partial charge in [-0.1, -0.05) is 12.1 Å². The standard InChI is InChI=1S/C12H9N3O3/c1-18-11(17)9-6-10(16)14-12-13-7-4-2-3-5-8(7)15(9)12/h2-6H,1H3,(H,13,14,16). The van der Waals surface area contributed by atoms with Crippen molar-refractivity contribution in [2.45, 2.75) is 0 Å². The van der Waals surface area contributed by atoms with E-state index in [2.05, 4.69) is 14.7 Å². The topological polar surface area (TPSA) is 76.5 Å². The fourth-order valence-corrected chi connectivity index (χ4v) is 1.96. The maximum atomic E-state index is 11.7. The minimum Gasteiger partial charge on any atom is -0.464 e. The average Bonchev–Trinajstić information content (AvgIpc) is 2.74. The van der Waals surface area contributed by atoms with Crippen LogP contribution in [-0.2, 0) is 4.74 Å². The molecule has 90 valence electrons. The van der Waals surface area contributed by atoms with Crippen LogP contribution in [0.15, 0.2) is 35.1 Å². The first kappa shape index (κ1) is 10.5. The molecular formula is C12H9N3O3. The van der Waals surface area contributed by atoms with Gasteiger partial charge in [-0.2, -0.15) is 4.98 Å². The summed E-state index contributed by atoms with van der Waals surface area (Å²) in [6.45, 7) is 0. The Morgan fingerprint density at radius 3 is 2.94 bits per heavy atom. The van der Waals surface area contributed by atoms with Crippen molar-refractivity contribution in [2.24, 2.45) is 0 Å². The molecule has 0 bridgehead atoms. The molecule has 0 atom stereocenters. The fourth-order valence-electron chi connectivity index (χ4n) is 1.96. The van der Waals surface area contributed by atoms with Crippen molar-refractivity contribution in [3.05, 3.63) is 46.4 Å². The van der Waals surface area contributed by atoms with Crippen molar-refractivity contribution in [2.75, 3.05) is 7.11 Å². The van der Waals surface area contributed by atoms with Gasteiger partial charge in [0.25, 0.3) is 5.56 Å². The van der Waals surface area contributed by atoms with E-state index in [9.17, 15) is 9.59 Å². The molecule has 18 heavy (non-hydrogen) atoms. The fraction of sp³-hybridized carbons (Fsp3) is 0.0833. The number of rotatable bonds is 1. The number of aromatic nitrogens is 3. The summed E-state index contributed by atoms with van der Waals surface area (Å²) in [5.74, 6) is -0.252. The highest BCUT2D eigenvalue weighted by atomic mass is 16.5. The normalized spacial score (nSPS) is 10.9. The summed E-state index contributed by atoms with van der Waals surface area (Å²) in [6, 6.07) is 8.54. The van der Waals surface area contributed by atoms with Gasteiger partial charge in [0.05, 0.1) is 18.1 Å². The number of fused-ring (bicyclic) bond motifs is 3. The molecule has 0 radical (unpaired) electrons. The molecule has 0 spiro atoms. The van der Waals surface area contributed by atoms with Crippen molar-refractivity contribution in [1.82, 2.24) is 14.4 Å². The van der Waals surface area contributed by atoms with E-state index in [-0.39, 0.29) is 5.69 Å². The van der Waals surface area contributed by atoms with Crippen LogP contribution in [0.25, 0.3) is 16.8 Å². The second-order valence-corrected chi connectivity index (χ2v) is 3.77. The summed E-state index contributed by atoms with van der Waals surface area (Å²) in [6.07, 6.45) is 0. The Labute approximate surface area is 101 Å². The monoisotopic (exact) mass is 243 g/mol. The van der Waals surface area contributed by atoms with E-state index in [4.69, 9.17) is 0 Å². The van der Waals surface area contributed by atoms with E-state index >= 15 is 0 Å². The van der Waals surface area contributed by atoms with Crippen LogP contribution < -0.4 is 5.56 Å². The summed E-state index contributed by atoms with van der Waals surface area (Å²) in [7, 11) is 1.27. The van der Waals surface area contributed by atoms with Crippen molar-refractivity contribution in [3.8, 4) is 0 Å². The SMILES string of the molecule is COC(=O)c1cc(=O)nc2[nH]c3ccccc3n12. The molecule has 0 unspecified atom stereocenters. The minimum atomic E-state index is -0.575. The van der Waals surface area contributed by atoms with Crippen molar-refractivity contribution in [3.63, 3.8) is 0 Å². The van der Waals surface area contributed by atoms with E-state index < -0.39 is 11.5 Å². The second-order valence-electron chi connectivity index (χ2n) is 3.77. The highest BCUT2D eigenvalue weighted by Crippen LogP contribution is 2.16. The highest BCUT2D eigenvalue weighted by Gasteiger charge is 2.15. The third-order valence-corrected chi connectivity index (χ3v) is 2.71. The molecule has 0 fully saturated rings. The summed E-state index contributed by atoms with van der Waals surface area (Å²) >= 11 is 0. The summed E-state index contributed by atoms with van der Waals surface area (Å²) in [4.78, 5) is 30.0. The first-order valence-electron chi connectivity index (χ1n) is 5.29. The highest BCUT2D eigenvalue weighted by molar-refractivity contribution is 5.91. The van der Waals surface area contributed by atoms with Crippen molar-refractivity contribution >= 4 is 22.8 Å². The number of nitrogens with one attached hydrogen (secondary N) is 1. The maximum Gasteiger partial charge on any atom is 0.355 e. The molecule has 2 heterocycles. The molecule has 3 rings (SSSR count). The Morgan fingerprint density at radius 2 is 2.17 bits per heavy atom. The molecular weight excluding hydrogens is 234 g/mol. The van der Waals surface area contributed by atoms with Gasteiger partial charge in [0.2, 0.25) is 5.78 Å². The van der Waals surface area contributed by atoms with Gasteiger partial charge in [0.15, 0.2) is 0 Å². The molecule has 3 aromatic rings. The smallest absolute Gasteiger partial charge is 0.355 e. The average molecular weight is 243 g/mol. The predicted molar refractivity (Wildman–Crippen MR) is 64.7 cm³/mol. The van der Waals surface area contributed by atoms with Crippen molar-refractivity contribution < 1.29 is 9.53 Å². The third kappa shape index (κ3) is 1.39. The van der Waals surface area contributed by atoms with Gasteiger partial charge in [-0.05, 0) is 12.1 Å². The Morgan fingerprint density at radius 1 is 1.39 bits per heavy atom. The molecule has 1 N–H and O–H groups in total. The first-order valence-corrected chi connectivity index (χ1v) is 5.29. The number of esters is 1. The summed E-state index contributed by atoms with van der Waals surface area (Å²) in [5, 5.41) is 0. The summed E-state index contributed by atoms with van der Waals surface area (Å²) in [5.41, 5.74) is 1.23. The third-order valence-electron chi connectivity index (χ3n) is 2.71. The number of hydrogen-bond donors (Lipinski definition) is 1. The number of ether oxygens (including phenoxy) is 1. The number of hydrogen-bond acceptors (Lipinski definition) is 4. The van der Waals surface area contributed by atoms with Gasteiger partial charge in [-0.25, -0.2) is 4.79 Å². The Bertz CT molecular complexity index is 816. The number of methoxy groups -OCH3 is 1. The lowest BCUT2D eigenvalue weighted by molar-refractivity contribution is 0.0592. The number of carbonyl (C=O) groups is 1. The van der Waals surface area contributed by atoms with Crippen LogP contribution in [0, 0.1) is 0 Å². The number of H-pyrrole nitrogens is 1. The summed E-state index contributed by atoms with van der Waals surface area (Å²) < 4.78 is 6.25. The lowest BCUT2D eigenvalue weighted by Gasteiger charge is -2.02. The number of imidazole rings is 1. The number of aromatic amines is 1. The zero-order chi connectivity index (χ0) is 12.7. The Kier molecular flexibility index (Phi) is 2.16. The van der Waals surface area contributed by atoms with E-state index in [1.54, 1.807) is 4.40 Å². The number of para-hydroxylation sites is 2. The van der Waals surface area contributed by atoms with Crippen LogP contribution in [-0.4, -0.2) is 27.4 Å². The van der Waals surface area contributed by atoms with Gasteiger partial charge in [-0.3, -0.25) is 9.20 Å². The molecule has 0 aliphatic carbocycles. The number of benzene rings is 1. The molecule has 0 saturated heterocycles. The molecule has 0 aliphatic heterocycles. The van der Waals surface area contributed by atoms with Gasteiger partial charge < -0.3 is 9.72 Å². The maximum absolute atomic E-state index is 11.7. The number of carbonyl (C=O) groups excluding carboxylic acids is 1. The Hall–Kier alpha value is -2.63. The molecule has 6 nitrogen and oxygen atoms in total. The lowest BCUT2D eigenvalue weighted by Crippen LogP contribution is -2.16. The molecule has 1 aromatic carbocycles. The quantitative estimate of drug-likeness (QED) is 0.646. The predicted octanol–water partition coefficient (Wildman–Crippen LogP) is 0.962. The molecule has 0 aliphatic rings. The van der Waals surface area contributed by atoms with E-state index in [1.165, 1.54) is 13.2 Å². The molecule has 6 heteroatoms. The van der Waals surface area contributed by atoms with Gasteiger partial charge in [-0.15, -0.1) is 0 Å². The van der Waals surface area contributed by atoms with E-state index in [0.29, 0.717) is 5.78 Å². The molecule has 2 aromatic heterocycles. The van der Waals surface area contributed by atoms with Gasteiger partial charge in [0, 0.05) is 6.07 Å². The first-order chi connectivity index (χ1) is 8.70. The van der Waals surface area contributed by atoms with Gasteiger partial charge in [0.1, 0.15) is 5.69 Å². The zero-order valence-electron chi connectivity index (χ0n) is 9.51. The van der Waals surface area contributed by atoms with E-state index in [0.717, 1.165) is 11.0 Å². The van der Waals surface area contributed by atoms with Crippen molar-refractivity contribution in [1.29, 1.82) is 0 Å². The number of nitrogens with zero attached hydrogens (tertiary/aromatic N) is 2. The largest absolute Gasteiger partial charge is 0.464 e. The van der Waals surface area contributed by atoms with Crippen LogP contribution in [0.3, 0.4) is 0 Å². The van der Waals surface area contributed by atoms with E-state index in [1.807, 2.05) is 24.3 Å². The molecule has 0 amide bonds. The zero-order valence-corrected chi connectivity index (χ0v) is 9.51. The van der Waals surface area contributed by atoms with Crippen LogP contribution >= 0.6 is 0 Å². The minimum absolute atomic E-state index is 0.157. The van der Waals surface area contributed by atoms with Crippen LogP contribution in [0.2, 0.25) is 0 Å².